The topological polar surface area (TPSA) is 57.5 Å². The van der Waals surface area contributed by atoms with Gasteiger partial charge in [-0.15, -0.1) is 0 Å². The summed E-state index contributed by atoms with van der Waals surface area (Å²) in [7, 11) is 6.04. The Kier molecular flexibility index (Phi) is 9.19. The first-order valence-electron chi connectivity index (χ1n) is 10.7. The Hall–Kier alpha value is -2.34. The Balaban J connectivity index is 1.81. The lowest BCUT2D eigenvalue weighted by atomic mass is 10.1. The van der Waals surface area contributed by atoms with Crippen molar-refractivity contribution in [3.8, 4) is 0 Å². The van der Waals surface area contributed by atoms with E-state index in [4.69, 9.17) is 0 Å². The van der Waals surface area contributed by atoms with E-state index in [-0.39, 0.29) is 0 Å². The summed E-state index contributed by atoms with van der Waals surface area (Å²) in [6, 6.07) is 11.1. The molecule has 0 aliphatic rings. The number of hydrogen-bond donors (Lipinski definition) is 2. The molecule has 29 heavy (non-hydrogen) atoms. The predicted molar refractivity (Wildman–Crippen MR) is 122 cm³/mol. The SMILES string of the molecule is CCc1nn(C)c(CC)c1CNC(=NC)NCCC(C)N(C)Cc1ccccc1. The summed E-state index contributed by atoms with van der Waals surface area (Å²) in [5, 5.41) is 11.6. The second kappa shape index (κ2) is 11.6. The van der Waals surface area contributed by atoms with Crippen molar-refractivity contribution < 1.29 is 0 Å². The minimum atomic E-state index is 0.484. The first-order valence-corrected chi connectivity index (χ1v) is 10.7. The number of guanidine groups is 1. The van der Waals surface area contributed by atoms with Crippen molar-refractivity contribution in [2.45, 2.75) is 59.2 Å². The third-order valence-electron chi connectivity index (χ3n) is 5.57. The van der Waals surface area contributed by atoms with Crippen LogP contribution in [0.3, 0.4) is 0 Å². The van der Waals surface area contributed by atoms with Crippen LogP contribution in [-0.4, -0.2) is 47.3 Å². The highest BCUT2D eigenvalue weighted by Gasteiger charge is 2.14. The van der Waals surface area contributed by atoms with Gasteiger partial charge in [0.05, 0.1) is 5.69 Å². The van der Waals surface area contributed by atoms with Crippen molar-refractivity contribution in [2.75, 3.05) is 20.6 Å². The largest absolute Gasteiger partial charge is 0.356 e. The fourth-order valence-electron chi connectivity index (χ4n) is 3.63. The van der Waals surface area contributed by atoms with Gasteiger partial charge in [-0.2, -0.15) is 5.10 Å². The number of aromatic nitrogens is 2. The van der Waals surface area contributed by atoms with E-state index in [1.807, 2.05) is 18.8 Å². The van der Waals surface area contributed by atoms with E-state index in [1.54, 1.807) is 0 Å². The molecule has 0 bridgehead atoms. The van der Waals surface area contributed by atoms with Crippen LogP contribution in [-0.2, 0) is 33.0 Å². The Morgan fingerprint density at radius 3 is 2.52 bits per heavy atom. The van der Waals surface area contributed by atoms with Gasteiger partial charge in [0.25, 0.3) is 0 Å². The molecule has 1 atom stereocenters. The molecule has 1 aromatic carbocycles. The molecule has 2 aromatic rings. The molecule has 0 spiro atoms. The van der Waals surface area contributed by atoms with Crippen molar-refractivity contribution in [3.63, 3.8) is 0 Å². The summed E-state index contributed by atoms with van der Waals surface area (Å²) < 4.78 is 2.01. The summed E-state index contributed by atoms with van der Waals surface area (Å²) in [5.74, 6) is 0.843. The molecular weight excluding hydrogens is 360 g/mol. The summed E-state index contributed by atoms with van der Waals surface area (Å²) in [6.45, 7) is 9.22. The number of nitrogens with one attached hydrogen (secondary N) is 2. The first-order chi connectivity index (χ1) is 14.0. The van der Waals surface area contributed by atoms with Crippen molar-refractivity contribution in [3.05, 3.63) is 52.8 Å². The lowest BCUT2D eigenvalue weighted by Gasteiger charge is -2.25. The maximum absolute atomic E-state index is 4.65. The molecule has 0 fully saturated rings. The molecule has 6 nitrogen and oxygen atoms in total. The van der Waals surface area contributed by atoms with E-state index >= 15 is 0 Å². The van der Waals surface area contributed by atoms with Crippen LogP contribution < -0.4 is 10.6 Å². The Labute approximate surface area is 176 Å². The molecule has 0 saturated carbocycles. The van der Waals surface area contributed by atoms with Gasteiger partial charge in [-0.3, -0.25) is 14.6 Å². The monoisotopic (exact) mass is 398 g/mol. The van der Waals surface area contributed by atoms with Gasteiger partial charge in [0.1, 0.15) is 0 Å². The number of nitrogens with zero attached hydrogens (tertiary/aromatic N) is 4. The zero-order chi connectivity index (χ0) is 21.2. The minimum absolute atomic E-state index is 0.484. The van der Waals surface area contributed by atoms with E-state index in [2.05, 4.69) is 83.8 Å². The van der Waals surface area contributed by atoms with Crippen molar-refractivity contribution in [2.24, 2.45) is 12.0 Å². The summed E-state index contributed by atoms with van der Waals surface area (Å²) in [4.78, 5) is 6.78. The van der Waals surface area contributed by atoms with Gasteiger partial charge in [0.2, 0.25) is 0 Å². The third kappa shape index (κ3) is 6.60. The van der Waals surface area contributed by atoms with Crippen LogP contribution in [0, 0.1) is 0 Å². The van der Waals surface area contributed by atoms with E-state index in [9.17, 15) is 0 Å². The van der Waals surface area contributed by atoms with Gasteiger partial charge < -0.3 is 10.6 Å². The molecule has 2 N–H and O–H groups in total. The maximum atomic E-state index is 4.65. The second-order valence-corrected chi connectivity index (χ2v) is 7.59. The molecule has 0 saturated heterocycles. The quantitative estimate of drug-likeness (QED) is 0.477. The summed E-state index contributed by atoms with van der Waals surface area (Å²) in [5.41, 5.74) is 5.11. The Bertz CT molecular complexity index is 765. The lowest BCUT2D eigenvalue weighted by Crippen LogP contribution is -2.39. The van der Waals surface area contributed by atoms with Crippen molar-refractivity contribution in [1.82, 2.24) is 25.3 Å². The number of aliphatic imine (C=N–C) groups is 1. The first kappa shape index (κ1) is 22.9. The average molecular weight is 399 g/mol. The fourth-order valence-corrected chi connectivity index (χ4v) is 3.63. The van der Waals surface area contributed by atoms with Crippen LogP contribution in [0.2, 0.25) is 0 Å². The molecule has 1 aromatic heterocycles. The zero-order valence-electron chi connectivity index (χ0n) is 19.0. The molecule has 0 radical (unpaired) electrons. The highest BCUT2D eigenvalue weighted by atomic mass is 15.3. The molecule has 1 heterocycles. The van der Waals surface area contributed by atoms with E-state index in [1.165, 1.54) is 22.5 Å². The number of benzene rings is 1. The van der Waals surface area contributed by atoms with E-state index < -0.39 is 0 Å². The Morgan fingerprint density at radius 1 is 1.17 bits per heavy atom. The fraction of sp³-hybridized carbons (Fsp3) is 0.565. The van der Waals surface area contributed by atoms with Gasteiger partial charge in [0.15, 0.2) is 5.96 Å². The number of aryl methyl sites for hydroxylation is 2. The van der Waals surface area contributed by atoms with E-state index in [0.29, 0.717) is 6.04 Å². The molecule has 1 unspecified atom stereocenters. The third-order valence-corrected chi connectivity index (χ3v) is 5.57. The normalized spacial score (nSPS) is 13.0. The highest BCUT2D eigenvalue weighted by Crippen LogP contribution is 2.15. The van der Waals surface area contributed by atoms with Crippen LogP contribution >= 0.6 is 0 Å². The summed E-state index contributed by atoms with van der Waals surface area (Å²) >= 11 is 0. The van der Waals surface area contributed by atoms with Crippen LogP contribution in [0.5, 0.6) is 0 Å². The van der Waals surface area contributed by atoms with Crippen LogP contribution in [0.1, 0.15) is 49.7 Å². The standard InChI is InChI=1S/C23H38N6/c1-7-21-20(22(8-2)29(6)27-21)16-26-23(24-4)25-15-14-18(3)28(5)17-19-12-10-9-11-13-19/h9-13,18H,7-8,14-17H2,1-6H3,(H2,24,25,26). The number of rotatable bonds is 10. The molecule has 0 amide bonds. The predicted octanol–water partition coefficient (Wildman–Crippen LogP) is 3.12. The van der Waals surface area contributed by atoms with Crippen molar-refractivity contribution >= 4 is 5.96 Å². The van der Waals surface area contributed by atoms with E-state index in [0.717, 1.165) is 44.9 Å². The minimum Gasteiger partial charge on any atom is -0.356 e. The van der Waals surface area contributed by atoms with Gasteiger partial charge in [-0.05, 0) is 38.8 Å². The van der Waals surface area contributed by atoms with Gasteiger partial charge in [-0.25, -0.2) is 0 Å². The second-order valence-electron chi connectivity index (χ2n) is 7.59. The Morgan fingerprint density at radius 2 is 1.90 bits per heavy atom. The molecule has 0 aliphatic heterocycles. The average Bonchev–Trinajstić information content (AvgIpc) is 3.05. The summed E-state index contributed by atoms with van der Waals surface area (Å²) in [6.07, 6.45) is 2.98. The van der Waals surface area contributed by atoms with Crippen LogP contribution in [0.15, 0.2) is 35.3 Å². The lowest BCUT2D eigenvalue weighted by molar-refractivity contribution is 0.238. The van der Waals surface area contributed by atoms with Crippen molar-refractivity contribution in [1.29, 1.82) is 0 Å². The zero-order valence-corrected chi connectivity index (χ0v) is 19.0. The molecular formula is C23H38N6. The van der Waals surface area contributed by atoms with Gasteiger partial charge in [0, 0.05) is 51.0 Å². The van der Waals surface area contributed by atoms with Crippen LogP contribution in [0.4, 0.5) is 0 Å². The molecule has 160 valence electrons. The highest BCUT2D eigenvalue weighted by molar-refractivity contribution is 5.79. The van der Waals surface area contributed by atoms with Gasteiger partial charge in [-0.1, -0.05) is 44.2 Å². The maximum Gasteiger partial charge on any atom is 0.191 e. The van der Waals surface area contributed by atoms with Crippen LogP contribution in [0.25, 0.3) is 0 Å². The molecule has 2 rings (SSSR count). The van der Waals surface area contributed by atoms with Gasteiger partial charge >= 0.3 is 0 Å². The molecule has 0 aliphatic carbocycles. The molecule has 6 heteroatoms. The smallest absolute Gasteiger partial charge is 0.191 e. The number of hydrogen-bond acceptors (Lipinski definition) is 3.